The van der Waals surface area contributed by atoms with Gasteiger partial charge in [-0.05, 0) is 19.1 Å². The van der Waals surface area contributed by atoms with Gasteiger partial charge in [-0.15, -0.1) is 0 Å². The van der Waals surface area contributed by atoms with E-state index in [0.717, 1.165) is 16.6 Å². The van der Waals surface area contributed by atoms with Gasteiger partial charge in [0.25, 0.3) is 0 Å². The lowest BCUT2D eigenvalue weighted by atomic mass is 10.2. The van der Waals surface area contributed by atoms with E-state index < -0.39 is 0 Å². The summed E-state index contributed by atoms with van der Waals surface area (Å²) >= 11 is 5.95. The summed E-state index contributed by atoms with van der Waals surface area (Å²) in [5, 5.41) is 1.73. The summed E-state index contributed by atoms with van der Waals surface area (Å²) < 4.78 is 0. The third kappa shape index (κ3) is 1.16. The van der Waals surface area contributed by atoms with Gasteiger partial charge in [0.1, 0.15) is 0 Å². The van der Waals surface area contributed by atoms with Crippen LogP contribution in [0.15, 0.2) is 24.3 Å². The number of rotatable bonds is 0. The van der Waals surface area contributed by atoms with Gasteiger partial charge >= 0.3 is 0 Å². The van der Waals surface area contributed by atoms with E-state index in [9.17, 15) is 0 Å². The van der Waals surface area contributed by atoms with Crippen molar-refractivity contribution in [3.63, 3.8) is 0 Å². The molecule has 0 saturated heterocycles. The average molecular weight is 177 g/mol. The van der Waals surface area contributed by atoms with E-state index in [1.807, 2.05) is 31.2 Å². The molecule has 0 fully saturated rings. The predicted octanol–water partition coefficient (Wildman–Crippen LogP) is 3.00. The Bertz CT molecular complexity index is 423. The summed E-state index contributed by atoms with van der Waals surface area (Å²) in [5.41, 5.74) is 1.73. The van der Waals surface area contributed by atoms with Crippen molar-refractivity contribution in [2.24, 2.45) is 0 Å². The lowest BCUT2D eigenvalue weighted by molar-refractivity contribution is 1.25. The van der Waals surface area contributed by atoms with Crippen molar-refractivity contribution in [2.75, 3.05) is 0 Å². The first-order chi connectivity index (χ1) is 5.77. The van der Waals surface area contributed by atoms with E-state index >= 15 is 0 Å². The zero-order valence-electron chi connectivity index (χ0n) is 6.63. The summed E-state index contributed by atoms with van der Waals surface area (Å²) in [7, 11) is 0. The summed E-state index contributed by atoms with van der Waals surface area (Å²) in [5.74, 6) is 0. The second-order valence-corrected chi connectivity index (χ2v) is 3.07. The molecule has 59 valence electrons. The van der Waals surface area contributed by atoms with E-state index in [4.69, 9.17) is 11.6 Å². The lowest BCUT2D eigenvalue weighted by Crippen LogP contribution is -1.83. The van der Waals surface area contributed by atoms with E-state index in [2.05, 4.69) is 11.1 Å². The van der Waals surface area contributed by atoms with Gasteiger partial charge in [0.2, 0.25) is 0 Å². The number of fused-ring (bicyclic) bond motifs is 1. The van der Waals surface area contributed by atoms with Gasteiger partial charge in [0.15, 0.2) is 0 Å². The highest BCUT2D eigenvalue weighted by molar-refractivity contribution is 6.35. The molecule has 1 aromatic heterocycles. The molecule has 0 bridgehead atoms. The zero-order chi connectivity index (χ0) is 8.55. The summed E-state index contributed by atoms with van der Waals surface area (Å²) in [6, 6.07) is 10.7. The predicted molar refractivity (Wildman–Crippen MR) is 50.3 cm³/mol. The molecular weight excluding hydrogens is 170 g/mol. The van der Waals surface area contributed by atoms with Gasteiger partial charge < -0.3 is 0 Å². The Labute approximate surface area is 76.0 Å². The Hall–Kier alpha value is -1.08. The first-order valence-corrected chi connectivity index (χ1v) is 4.09. The topological polar surface area (TPSA) is 12.9 Å². The van der Waals surface area contributed by atoms with Gasteiger partial charge in [0.05, 0.1) is 10.5 Å². The molecule has 2 rings (SSSR count). The summed E-state index contributed by atoms with van der Waals surface area (Å²) in [4.78, 5) is 4.29. The van der Waals surface area contributed by atoms with Crippen molar-refractivity contribution < 1.29 is 0 Å². The van der Waals surface area contributed by atoms with Crippen LogP contribution in [0.3, 0.4) is 0 Å². The van der Waals surface area contributed by atoms with Crippen LogP contribution in [0.2, 0.25) is 5.02 Å². The highest BCUT2D eigenvalue weighted by Gasteiger charge is 1.98. The van der Waals surface area contributed by atoms with Crippen LogP contribution in [0.5, 0.6) is 0 Å². The van der Waals surface area contributed by atoms with Crippen LogP contribution in [-0.2, 0) is 0 Å². The van der Waals surface area contributed by atoms with Crippen LogP contribution in [0.1, 0.15) is 5.69 Å². The molecule has 0 atom stereocenters. The fourth-order valence-corrected chi connectivity index (χ4v) is 1.37. The van der Waals surface area contributed by atoms with Crippen molar-refractivity contribution in [3.8, 4) is 0 Å². The van der Waals surface area contributed by atoms with Crippen LogP contribution < -0.4 is 0 Å². The highest BCUT2D eigenvalue weighted by atomic mass is 35.5. The highest BCUT2D eigenvalue weighted by Crippen LogP contribution is 2.20. The Balaban J connectivity index is 2.88. The molecule has 0 amide bonds. The van der Waals surface area contributed by atoms with Gasteiger partial charge in [-0.1, -0.05) is 23.7 Å². The van der Waals surface area contributed by atoms with E-state index in [0.29, 0.717) is 5.02 Å². The van der Waals surface area contributed by atoms with Crippen molar-refractivity contribution >= 4 is 22.5 Å². The third-order valence-electron chi connectivity index (χ3n) is 1.73. The molecule has 0 saturated carbocycles. The Morgan fingerprint density at radius 3 is 3.08 bits per heavy atom. The number of pyridine rings is 1. The van der Waals surface area contributed by atoms with E-state index in [-0.39, 0.29) is 0 Å². The Morgan fingerprint density at radius 2 is 2.25 bits per heavy atom. The lowest BCUT2D eigenvalue weighted by Gasteiger charge is -1.98. The number of aryl methyl sites for hydroxylation is 1. The summed E-state index contributed by atoms with van der Waals surface area (Å²) in [6.45, 7) is 1.91. The maximum Gasteiger partial charge on any atom is 0.0891 e. The first kappa shape index (κ1) is 7.56. The molecule has 0 spiro atoms. The van der Waals surface area contributed by atoms with Gasteiger partial charge in [-0.25, -0.2) is 0 Å². The zero-order valence-corrected chi connectivity index (χ0v) is 7.39. The minimum Gasteiger partial charge on any atom is -0.251 e. The molecule has 1 heterocycles. The van der Waals surface area contributed by atoms with Crippen molar-refractivity contribution in [1.82, 2.24) is 4.98 Å². The molecule has 2 aromatic rings. The van der Waals surface area contributed by atoms with Gasteiger partial charge in [0, 0.05) is 17.1 Å². The van der Waals surface area contributed by atoms with Crippen molar-refractivity contribution in [1.29, 1.82) is 0 Å². The number of aromatic nitrogens is 1. The maximum absolute atomic E-state index is 5.95. The normalized spacial score (nSPS) is 10.5. The van der Waals surface area contributed by atoms with Crippen LogP contribution in [-0.4, -0.2) is 4.98 Å². The van der Waals surface area contributed by atoms with Crippen molar-refractivity contribution in [2.45, 2.75) is 6.92 Å². The number of hydrogen-bond acceptors (Lipinski definition) is 1. The Kier molecular flexibility index (Phi) is 1.74. The fourth-order valence-electron chi connectivity index (χ4n) is 1.15. The molecular formula is C10H7ClN. The number of halogens is 1. The minimum absolute atomic E-state index is 0.699. The molecule has 12 heavy (non-hydrogen) atoms. The largest absolute Gasteiger partial charge is 0.251 e. The smallest absolute Gasteiger partial charge is 0.0891 e. The van der Waals surface area contributed by atoms with Crippen molar-refractivity contribution in [3.05, 3.63) is 41.0 Å². The monoisotopic (exact) mass is 176 g/mol. The average Bonchev–Trinajstić information content (AvgIpc) is 2.07. The second-order valence-electron chi connectivity index (χ2n) is 2.66. The molecule has 0 unspecified atom stereocenters. The molecule has 0 N–H and O–H groups in total. The quantitative estimate of drug-likeness (QED) is 0.602. The van der Waals surface area contributed by atoms with Crippen LogP contribution in [0.4, 0.5) is 0 Å². The van der Waals surface area contributed by atoms with Gasteiger partial charge in [-0.3, -0.25) is 4.98 Å². The molecule has 1 radical (unpaired) electrons. The van der Waals surface area contributed by atoms with Crippen LogP contribution in [0.25, 0.3) is 10.9 Å². The fraction of sp³-hybridized carbons (Fsp3) is 0.100. The molecule has 1 nitrogen and oxygen atoms in total. The number of para-hydroxylation sites is 1. The standard InChI is InChI=1S/C10H7ClN/c1-7-5-6-8-3-2-4-9(11)10(8)12-7/h2-4,6H,1H3. The molecule has 2 heteroatoms. The van der Waals surface area contributed by atoms with Crippen LogP contribution in [0, 0.1) is 13.0 Å². The number of nitrogens with zero attached hydrogens (tertiary/aromatic N) is 1. The molecule has 0 aliphatic carbocycles. The van der Waals surface area contributed by atoms with Gasteiger partial charge in [-0.2, -0.15) is 0 Å². The van der Waals surface area contributed by atoms with E-state index in [1.165, 1.54) is 0 Å². The van der Waals surface area contributed by atoms with E-state index in [1.54, 1.807) is 0 Å². The Morgan fingerprint density at radius 1 is 1.42 bits per heavy atom. The summed E-state index contributed by atoms with van der Waals surface area (Å²) in [6.07, 6.45) is 0. The SMILES string of the molecule is Cc1[c]cc2cccc(Cl)c2n1. The number of hydrogen-bond donors (Lipinski definition) is 0. The molecule has 0 aliphatic rings. The number of benzene rings is 1. The molecule has 0 aliphatic heterocycles. The minimum atomic E-state index is 0.699. The third-order valence-corrected chi connectivity index (χ3v) is 2.04. The maximum atomic E-state index is 5.95. The second kappa shape index (κ2) is 2.76. The first-order valence-electron chi connectivity index (χ1n) is 3.71. The molecule has 1 aromatic carbocycles. The van der Waals surface area contributed by atoms with Crippen LogP contribution >= 0.6 is 11.6 Å².